The molecule has 1 aliphatic heterocycles. The summed E-state index contributed by atoms with van der Waals surface area (Å²) in [6, 6.07) is 9.49. The Labute approximate surface area is 199 Å². The SMILES string of the molecule is O=C(O)c1cccc(COc2c(Cl)cc(C=NN3C(=O)[C@@H]4[C@H](C3=O)[C@H]3C=C[C@H]4C3)cc2Cl)c1. The van der Waals surface area contributed by atoms with Gasteiger partial charge in [0.05, 0.1) is 33.7 Å². The largest absolute Gasteiger partial charge is 0.486 e. The molecule has 0 unspecified atom stereocenters. The predicted molar refractivity (Wildman–Crippen MR) is 121 cm³/mol. The summed E-state index contributed by atoms with van der Waals surface area (Å²) in [6.07, 6.45) is 6.29. The first-order valence-electron chi connectivity index (χ1n) is 10.4. The fourth-order valence-electron chi connectivity index (χ4n) is 4.87. The first-order valence-corrected chi connectivity index (χ1v) is 11.1. The number of hydrazone groups is 1. The van der Waals surface area contributed by atoms with Crippen molar-refractivity contribution < 1.29 is 24.2 Å². The molecule has 1 saturated heterocycles. The van der Waals surface area contributed by atoms with Gasteiger partial charge in [-0.3, -0.25) is 9.59 Å². The van der Waals surface area contributed by atoms with Crippen LogP contribution in [0.2, 0.25) is 10.0 Å². The first kappa shape index (κ1) is 21.7. The molecular weight excluding hydrogens is 467 g/mol. The number of nitrogens with zero attached hydrogens (tertiary/aromatic N) is 2. The summed E-state index contributed by atoms with van der Waals surface area (Å²) >= 11 is 12.7. The van der Waals surface area contributed by atoms with Crippen LogP contribution in [0.5, 0.6) is 5.75 Å². The molecule has 5 rings (SSSR count). The first-order chi connectivity index (χ1) is 15.8. The molecule has 1 N–H and O–H groups in total. The number of amides is 2. The number of carbonyl (C=O) groups excluding carboxylic acids is 2. The molecule has 0 spiro atoms. The fourth-order valence-corrected chi connectivity index (χ4v) is 5.48. The lowest BCUT2D eigenvalue weighted by molar-refractivity contribution is -0.140. The third-order valence-corrected chi connectivity index (χ3v) is 6.91. The van der Waals surface area contributed by atoms with Gasteiger partial charge in [0.15, 0.2) is 5.75 Å². The van der Waals surface area contributed by atoms with Crippen molar-refractivity contribution in [1.82, 2.24) is 5.01 Å². The maximum Gasteiger partial charge on any atom is 0.335 e. The van der Waals surface area contributed by atoms with Crippen LogP contribution in [-0.4, -0.2) is 34.1 Å². The van der Waals surface area contributed by atoms with Gasteiger partial charge in [-0.25, -0.2) is 4.79 Å². The lowest BCUT2D eigenvalue weighted by atomic mass is 9.85. The standard InChI is InChI=1S/C24H18Cl2N2O5/c25-17-7-13(8-18(26)21(17)33-11-12-2-1-3-16(6-12)24(31)32)10-27-28-22(29)19-14-4-5-15(9-14)20(19)23(28)30/h1-8,10,14-15,19-20H,9,11H2,(H,31,32)/t14-,15-,19-,20+/m0/s1. The topological polar surface area (TPSA) is 96.3 Å². The zero-order chi connectivity index (χ0) is 23.3. The summed E-state index contributed by atoms with van der Waals surface area (Å²) in [6.45, 7) is 0.0733. The molecule has 7 nitrogen and oxygen atoms in total. The number of imide groups is 1. The summed E-state index contributed by atoms with van der Waals surface area (Å²) < 4.78 is 5.71. The number of aromatic carboxylic acids is 1. The van der Waals surface area contributed by atoms with Crippen LogP contribution >= 0.6 is 23.2 Å². The van der Waals surface area contributed by atoms with E-state index in [2.05, 4.69) is 5.10 Å². The number of carboxylic acid groups (broad SMARTS) is 1. The van der Waals surface area contributed by atoms with E-state index >= 15 is 0 Å². The summed E-state index contributed by atoms with van der Waals surface area (Å²) in [5.41, 5.74) is 1.30. The molecule has 2 aliphatic carbocycles. The van der Waals surface area contributed by atoms with Crippen LogP contribution < -0.4 is 4.74 Å². The maximum atomic E-state index is 12.7. The van der Waals surface area contributed by atoms with Crippen molar-refractivity contribution in [1.29, 1.82) is 0 Å². The zero-order valence-corrected chi connectivity index (χ0v) is 18.7. The molecule has 0 radical (unpaired) electrons. The summed E-state index contributed by atoms with van der Waals surface area (Å²) in [7, 11) is 0. The van der Waals surface area contributed by atoms with E-state index < -0.39 is 5.97 Å². The highest BCUT2D eigenvalue weighted by molar-refractivity contribution is 6.37. The Morgan fingerprint density at radius 2 is 1.73 bits per heavy atom. The third kappa shape index (κ3) is 3.81. The number of benzene rings is 2. The van der Waals surface area contributed by atoms with Gasteiger partial charge in [-0.05, 0) is 53.6 Å². The van der Waals surface area contributed by atoms with Gasteiger partial charge in [-0.1, -0.05) is 47.5 Å². The van der Waals surface area contributed by atoms with Gasteiger partial charge >= 0.3 is 5.97 Å². The molecule has 2 amide bonds. The molecule has 1 heterocycles. The van der Waals surface area contributed by atoms with E-state index in [0.29, 0.717) is 11.1 Å². The average Bonchev–Trinajstić information content (AvgIpc) is 3.46. The van der Waals surface area contributed by atoms with Crippen molar-refractivity contribution in [2.45, 2.75) is 13.0 Å². The van der Waals surface area contributed by atoms with Crippen molar-refractivity contribution in [3.63, 3.8) is 0 Å². The quantitative estimate of drug-likeness (QED) is 0.372. The molecule has 4 atom stereocenters. The van der Waals surface area contributed by atoms with Gasteiger partial charge in [0.2, 0.25) is 0 Å². The Morgan fingerprint density at radius 3 is 2.33 bits per heavy atom. The van der Waals surface area contributed by atoms with E-state index in [9.17, 15) is 14.4 Å². The van der Waals surface area contributed by atoms with Gasteiger partial charge in [-0.15, -0.1) is 0 Å². The van der Waals surface area contributed by atoms with Crippen LogP contribution in [0.3, 0.4) is 0 Å². The molecule has 2 bridgehead atoms. The van der Waals surface area contributed by atoms with E-state index in [-0.39, 0.29) is 63.5 Å². The number of hydrogen-bond acceptors (Lipinski definition) is 5. The lowest BCUT2D eigenvalue weighted by Crippen LogP contribution is -2.28. The average molecular weight is 485 g/mol. The van der Waals surface area contributed by atoms with Crippen LogP contribution in [0.1, 0.15) is 27.9 Å². The van der Waals surface area contributed by atoms with Crippen molar-refractivity contribution in [2.75, 3.05) is 0 Å². The molecule has 168 valence electrons. The number of halogens is 2. The van der Waals surface area contributed by atoms with E-state index in [0.717, 1.165) is 11.4 Å². The molecule has 2 aromatic rings. The van der Waals surface area contributed by atoms with E-state index in [1.165, 1.54) is 18.3 Å². The van der Waals surface area contributed by atoms with Crippen molar-refractivity contribution in [3.8, 4) is 5.75 Å². The van der Waals surface area contributed by atoms with Crippen LogP contribution in [-0.2, 0) is 16.2 Å². The van der Waals surface area contributed by atoms with Gasteiger partial charge in [-0.2, -0.15) is 10.1 Å². The zero-order valence-electron chi connectivity index (χ0n) is 17.2. The van der Waals surface area contributed by atoms with Gasteiger partial charge in [0.25, 0.3) is 11.8 Å². The molecule has 33 heavy (non-hydrogen) atoms. The number of allylic oxidation sites excluding steroid dienone is 2. The fraction of sp³-hybridized carbons (Fsp3) is 0.250. The third-order valence-electron chi connectivity index (χ3n) is 6.35. The molecule has 2 fully saturated rings. The maximum absolute atomic E-state index is 12.7. The second-order valence-corrected chi connectivity index (χ2v) is 9.16. The van der Waals surface area contributed by atoms with Crippen molar-refractivity contribution >= 4 is 47.2 Å². The number of rotatable bonds is 6. The Bertz CT molecular complexity index is 1190. The summed E-state index contributed by atoms with van der Waals surface area (Å²) in [5.74, 6) is -1.71. The van der Waals surface area contributed by atoms with Crippen molar-refractivity contribution in [2.24, 2.45) is 28.8 Å². The van der Waals surface area contributed by atoms with Gasteiger partial charge in [0.1, 0.15) is 6.61 Å². The minimum atomic E-state index is -1.03. The Morgan fingerprint density at radius 1 is 1.09 bits per heavy atom. The molecule has 3 aliphatic rings. The van der Waals surface area contributed by atoms with Gasteiger partial charge in [0, 0.05) is 0 Å². The van der Waals surface area contributed by atoms with Crippen LogP contribution in [0.15, 0.2) is 53.7 Å². The molecule has 0 aromatic heterocycles. The smallest absolute Gasteiger partial charge is 0.335 e. The second-order valence-electron chi connectivity index (χ2n) is 8.34. The summed E-state index contributed by atoms with van der Waals surface area (Å²) in [4.78, 5) is 36.6. The molecule has 2 aromatic carbocycles. The number of fused-ring (bicyclic) bond motifs is 5. The number of ether oxygens (including phenoxy) is 1. The van der Waals surface area contributed by atoms with E-state index in [4.69, 9.17) is 33.0 Å². The van der Waals surface area contributed by atoms with Gasteiger partial charge < -0.3 is 9.84 Å². The lowest BCUT2D eigenvalue weighted by Gasteiger charge is -2.13. The highest BCUT2D eigenvalue weighted by Gasteiger charge is 2.59. The monoisotopic (exact) mass is 484 g/mol. The van der Waals surface area contributed by atoms with E-state index in [1.807, 2.05) is 12.2 Å². The molecular formula is C24H18Cl2N2O5. The molecule has 1 saturated carbocycles. The minimum Gasteiger partial charge on any atom is -0.486 e. The summed E-state index contributed by atoms with van der Waals surface area (Å²) in [5, 5.41) is 14.6. The number of hydrogen-bond donors (Lipinski definition) is 1. The van der Waals surface area contributed by atoms with Crippen LogP contribution in [0.25, 0.3) is 0 Å². The normalized spacial score (nSPS) is 25.3. The number of carboxylic acids is 1. The van der Waals surface area contributed by atoms with Crippen molar-refractivity contribution in [3.05, 3.63) is 75.3 Å². The van der Waals surface area contributed by atoms with Crippen LogP contribution in [0.4, 0.5) is 0 Å². The Hall–Kier alpha value is -3.16. The Kier molecular flexibility index (Phi) is 5.46. The second kappa shape index (κ2) is 8.32. The van der Waals surface area contributed by atoms with E-state index in [1.54, 1.807) is 24.3 Å². The molecule has 9 heteroatoms. The minimum absolute atomic E-state index is 0.0733. The van der Waals surface area contributed by atoms with Crippen LogP contribution in [0, 0.1) is 23.7 Å². The predicted octanol–water partition coefficient (Wildman–Crippen LogP) is 4.41. The Balaban J connectivity index is 1.29. The highest BCUT2D eigenvalue weighted by Crippen LogP contribution is 2.52. The number of carbonyl (C=O) groups is 3. The highest BCUT2D eigenvalue weighted by atomic mass is 35.5.